The predicted molar refractivity (Wildman–Crippen MR) is 193 cm³/mol. The number of hydrogen-bond acceptors (Lipinski definition) is 12. The summed E-state index contributed by atoms with van der Waals surface area (Å²) in [4.78, 5) is 0. The highest BCUT2D eigenvalue weighted by atomic mass is 16.5. The molecule has 3 aromatic rings. The third kappa shape index (κ3) is 10.2. The molecule has 4 heterocycles. The number of rotatable bonds is 16. The highest BCUT2D eigenvalue weighted by Gasteiger charge is 2.46. The van der Waals surface area contributed by atoms with Crippen molar-refractivity contribution in [3.05, 3.63) is 59.2 Å². The summed E-state index contributed by atoms with van der Waals surface area (Å²) in [7, 11) is 0. The maximum absolute atomic E-state index is 10.6. The summed E-state index contributed by atoms with van der Waals surface area (Å²) in [5, 5.41) is 55.7. The lowest BCUT2D eigenvalue weighted by Gasteiger charge is -2.51. The predicted octanol–water partition coefficient (Wildman–Crippen LogP) is 3.45. The van der Waals surface area contributed by atoms with Crippen molar-refractivity contribution in [1.29, 1.82) is 0 Å². The summed E-state index contributed by atoms with van der Waals surface area (Å²) in [6, 6.07) is 9.33. The smallest absolute Gasteiger partial charge is 0.0964 e. The van der Waals surface area contributed by atoms with Crippen LogP contribution in [0.3, 0.4) is 0 Å². The Morgan fingerprint density at radius 3 is 1.26 bits per heavy atom. The van der Waals surface area contributed by atoms with Crippen LogP contribution < -0.4 is 21.3 Å². The molecule has 6 N–H and O–H groups in total. The normalized spacial score (nSPS) is 21.2. The Labute approximate surface area is 298 Å². The van der Waals surface area contributed by atoms with Gasteiger partial charge in [-0.2, -0.15) is 10.1 Å². The van der Waals surface area contributed by atoms with Crippen LogP contribution in [0.1, 0.15) is 104 Å². The van der Waals surface area contributed by atoms with Gasteiger partial charge < -0.3 is 31.7 Å². The standard InChI is InChI=1S/C36H62N12O2/c1-33(2)17-29(18-34(3,4)47(33)49)39-23-31-25-45(43-41-31)15-13-37-21-27-9-11-28(12-10-27)22-38-14-16-46-26-32(42-44-46)24-40-30-19-35(5,6)48(50)36(7,8)20-30/h9-12,25-26,29-30,37-40,49-50H,13-24H2,1-8H3. The number of aromatic nitrogens is 6. The van der Waals surface area contributed by atoms with E-state index in [0.717, 1.165) is 76.3 Å². The quantitative estimate of drug-likeness (QED) is 0.122. The molecule has 14 nitrogen and oxygen atoms in total. The molecule has 2 saturated heterocycles. The van der Waals surface area contributed by atoms with Crippen LogP contribution in [0.4, 0.5) is 0 Å². The maximum Gasteiger partial charge on any atom is 0.0964 e. The van der Waals surface area contributed by atoms with Gasteiger partial charge in [-0.1, -0.05) is 34.7 Å². The third-order valence-corrected chi connectivity index (χ3v) is 10.3. The van der Waals surface area contributed by atoms with Gasteiger partial charge in [0.05, 0.1) is 24.5 Å². The largest absolute Gasteiger partial charge is 0.313 e. The fraction of sp³-hybridized carbons (Fsp3) is 0.722. The van der Waals surface area contributed by atoms with Crippen LogP contribution >= 0.6 is 0 Å². The number of benzene rings is 1. The van der Waals surface area contributed by atoms with Crippen molar-refractivity contribution >= 4 is 0 Å². The van der Waals surface area contributed by atoms with Gasteiger partial charge in [-0.15, -0.1) is 10.2 Å². The SMILES string of the molecule is CC1(C)CC(NCc2cn(CCNCc3ccc(CNCCn4cc(CNC5CC(C)(C)N(O)C(C)(C)C5)nn4)cc3)nn2)CC(C)(C)N1O. The molecular weight excluding hydrogens is 632 g/mol. The summed E-state index contributed by atoms with van der Waals surface area (Å²) in [5.74, 6) is 0. The second-order valence-corrected chi connectivity index (χ2v) is 17.0. The lowest BCUT2D eigenvalue weighted by atomic mass is 9.79. The monoisotopic (exact) mass is 695 g/mol. The summed E-state index contributed by atoms with van der Waals surface area (Å²) in [5.41, 5.74) is 3.24. The minimum Gasteiger partial charge on any atom is -0.313 e. The first-order chi connectivity index (χ1) is 23.5. The molecule has 0 radical (unpaired) electrons. The molecule has 50 heavy (non-hydrogen) atoms. The van der Waals surface area contributed by atoms with E-state index in [-0.39, 0.29) is 22.2 Å². The Morgan fingerprint density at radius 2 is 0.920 bits per heavy atom. The third-order valence-electron chi connectivity index (χ3n) is 10.3. The summed E-state index contributed by atoms with van der Waals surface area (Å²) in [6.45, 7) is 22.7. The number of nitrogens with zero attached hydrogens (tertiary/aromatic N) is 8. The zero-order valence-electron chi connectivity index (χ0n) is 31.6. The Morgan fingerprint density at radius 1 is 0.580 bits per heavy atom. The highest BCUT2D eigenvalue weighted by Crippen LogP contribution is 2.37. The lowest BCUT2D eigenvalue weighted by molar-refractivity contribution is -0.246. The molecular formula is C36H62N12O2. The first kappa shape index (κ1) is 38.4. The second-order valence-electron chi connectivity index (χ2n) is 17.0. The van der Waals surface area contributed by atoms with Crippen molar-refractivity contribution in [3.63, 3.8) is 0 Å². The molecule has 2 fully saturated rings. The minimum absolute atomic E-state index is 0.277. The first-order valence-corrected chi connectivity index (χ1v) is 18.2. The zero-order chi connectivity index (χ0) is 36.2. The van der Waals surface area contributed by atoms with Crippen LogP contribution in [0.5, 0.6) is 0 Å². The average Bonchev–Trinajstić information content (AvgIpc) is 3.70. The molecule has 0 amide bonds. The van der Waals surface area contributed by atoms with Crippen molar-refractivity contribution in [1.82, 2.24) is 61.4 Å². The molecule has 278 valence electrons. The number of hydrogen-bond donors (Lipinski definition) is 6. The minimum atomic E-state index is -0.277. The molecule has 0 bridgehead atoms. The lowest BCUT2D eigenvalue weighted by Crippen LogP contribution is -2.62. The topological polar surface area (TPSA) is 156 Å². The molecule has 2 aliphatic heterocycles. The molecule has 14 heteroatoms. The van der Waals surface area contributed by atoms with E-state index in [4.69, 9.17) is 0 Å². The van der Waals surface area contributed by atoms with Crippen molar-refractivity contribution in [2.24, 2.45) is 0 Å². The first-order valence-electron chi connectivity index (χ1n) is 18.2. The van der Waals surface area contributed by atoms with Gasteiger partial charge in [0.15, 0.2) is 0 Å². The Kier molecular flexibility index (Phi) is 12.2. The van der Waals surface area contributed by atoms with Gasteiger partial charge in [-0.25, -0.2) is 0 Å². The van der Waals surface area contributed by atoms with Gasteiger partial charge in [-0.05, 0) is 92.2 Å². The Bertz CT molecular complexity index is 1350. The van der Waals surface area contributed by atoms with Crippen LogP contribution in [-0.4, -0.2) is 97.9 Å². The average molecular weight is 695 g/mol. The van der Waals surface area contributed by atoms with E-state index in [1.54, 1.807) is 0 Å². The molecule has 0 spiro atoms. The summed E-state index contributed by atoms with van der Waals surface area (Å²) >= 11 is 0. The van der Waals surface area contributed by atoms with Crippen LogP contribution in [0, 0.1) is 0 Å². The molecule has 2 aliphatic rings. The fourth-order valence-electron chi connectivity index (χ4n) is 8.01. The fourth-order valence-corrected chi connectivity index (χ4v) is 8.01. The van der Waals surface area contributed by atoms with Crippen molar-refractivity contribution in [3.8, 4) is 0 Å². The Hall–Kier alpha value is -2.82. The second kappa shape index (κ2) is 15.8. The molecule has 0 aliphatic carbocycles. The zero-order valence-corrected chi connectivity index (χ0v) is 31.6. The van der Waals surface area contributed by atoms with Crippen LogP contribution in [0.25, 0.3) is 0 Å². The summed E-state index contributed by atoms with van der Waals surface area (Å²) in [6.07, 6.45) is 7.52. The molecule has 1 aromatic carbocycles. The van der Waals surface area contributed by atoms with E-state index in [1.807, 2.05) is 21.8 Å². The highest BCUT2D eigenvalue weighted by molar-refractivity contribution is 5.22. The van der Waals surface area contributed by atoms with Gasteiger partial charge in [0.1, 0.15) is 0 Å². The van der Waals surface area contributed by atoms with Gasteiger partial charge in [-0.3, -0.25) is 9.36 Å². The van der Waals surface area contributed by atoms with E-state index >= 15 is 0 Å². The van der Waals surface area contributed by atoms with E-state index in [9.17, 15) is 10.4 Å². The summed E-state index contributed by atoms with van der Waals surface area (Å²) < 4.78 is 3.79. The number of nitrogens with one attached hydrogen (secondary N) is 4. The number of hydroxylamine groups is 4. The van der Waals surface area contributed by atoms with Gasteiger partial charge in [0, 0.05) is 85.9 Å². The Balaban J connectivity index is 0.934. The number of piperidine rings is 2. The molecule has 0 atom stereocenters. The van der Waals surface area contributed by atoms with E-state index in [0.29, 0.717) is 25.2 Å². The van der Waals surface area contributed by atoms with Crippen molar-refractivity contribution < 1.29 is 10.4 Å². The van der Waals surface area contributed by atoms with Crippen LogP contribution in [-0.2, 0) is 39.3 Å². The van der Waals surface area contributed by atoms with Crippen LogP contribution in [0.15, 0.2) is 36.7 Å². The van der Waals surface area contributed by atoms with E-state index in [2.05, 4.69) is 122 Å². The molecule has 0 unspecified atom stereocenters. The van der Waals surface area contributed by atoms with Crippen molar-refractivity contribution in [2.75, 3.05) is 13.1 Å². The molecule has 2 aromatic heterocycles. The van der Waals surface area contributed by atoms with Crippen molar-refractivity contribution in [2.45, 2.75) is 155 Å². The maximum atomic E-state index is 10.6. The molecule has 5 rings (SSSR count). The van der Waals surface area contributed by atoms with Gasteiger partial charge in [0.2, 0.25) is 0 Å². The van der Waals surface area contributed by atoms with E-state index < -0.39 is 0 Å². The van der Waals surface area contributed by atoms with E-state index in [1.165, 1.54) is 21.3 Å². The van der Waals surface area contributed by atoms with Crippen LogP contribution in [0.2, 0.25) is 0 Å². The molecule has 0 saturated carbocycles. The van der Waals surface area contributed by atoms with Gasteiger partial charge >= 0.3 is 0 Å². The van der Waals surface area contributed by atoms with Gasteiger partial charge in [0.25, 0.3) is 0 Å².